The van der Waals surface area contributed by atoms with Crippen molar-refractivity contribution in [3.63, 3.8) is 0 Å². The highest BCUT2D eigenvalue weighted by atomic mass is 16.5. The second-order valence-electron chi connectivity index (χ2n) is 4.60. The Balaban J connectivity index is 2.50. The highest BCUT2D eigenvalue weighted by Gasteiger charge is 2.31. The van der Waals surface area contributed by atoms with Gasteiger partial charge < -0.3 is 4.74 Å². The van der Waals surface area contributed by atoms with Crippen molar-refractivity contribution in [3.05, 3.63) is 0 Å². The zero-order valence-electron chi connectivity index (χ0n) is 9.79. The quantitative estimate of drug-likeness (QED) is 0.532. The summed E-state index contributed by atoms with van der Waals surface area (Å²) < 4.78 is 4.59. The largest absolute Gasteiger partial charge is 0.468 e. The fourth-order valence-corrected chi connectivity index (χ4v) is 2.19. The van der Waals surface area contributed by atoms with Gasteiger partial charge in [0.15, 0.2) is 0 Å². The Hall–Kier alpha value is -0.860. The van der Waals surface area contributed by atoms with Gasteiger partial charge in [-0.2, -0.15) is 0 Å². The molecule has 0 heterocycles. The van der Waals surface area contributed by atoms with Crippen LogP contribution in [0.4, 0.5) is 0 Å². The Labute approximate surface area is 91.2 Å². The van der Waals surface area contributed by atoms with E-state index in [4.69, 9.17) is 0 Å². The van der Waals surface area contributed by atoms with Gasteiger partial charge in [-0.3, -0.25) is 9.59 Å². The van der Waals surface area contributed by atoms with E-state index < -0.39 is 11.9 Å². The summed E-state index contributed by atoms with van der Waals surface area (Å²) in [5, 5.41) is 0. The van der Waals surface area contributed by atoms with Crippen LogP contribution in [0.2, 0.25) is 0 Å². The molecule has 1 saturated carbocycles. The van der Waals surface area contributed by atoms with Gasteiger partial charge in [0.2, 0.25) is 0 Å². The minimum atomic E-state index is -0.589. The average molecular weight is 212 g/mol. The third-order valence-electron chi connectivity index (χ3n) is 3.40. The third-order valence-corrected chi connectivity index (χ3v) is 3.40. The summed E-state index contributed by atoms with van der Waals surface area (Å²) in [4.78, 5) is 23.1. The molecule has 3 heteroatoms. The Morgan fingerprint density at radius 2 is 1.73 bits per heavy atom. The number of esters is 1. The number of carbonyl (C=O) groups excluding carboxylic acids is 2. The summed E-state index contributed by atoms with van der Waals surface area (Å²) in [6.45, 7) is 3.86. The van der Waals surface area contributed by atoms with Gasteiger partial charge in [0.25, 0.3) is 0 Å². The van der Waals surface area contributed by atoms with E-state index in [0.29, 0.717) is 0 Å². The van der Waals surface area contributed by atoms with Crippen LogP contribution in [0.5, 0.6) is 0 Å². The zero-order chi connectivity index (χ0) is 11.4. The van der Waals surface area contributed by atoms with Gasteiger partial charge in [-0.25, -0.2) is 0 Å². The molecule has 86 valence electrons. The summed E-state index contributed by atoms with van der Waals surface area (Å²) in [5.41, 5.74) is 0. The van der Waals surface area contributed by atoms with Crippen LogP contribution >= 0.6 is 0 Å². The van der Waals surface area contributed by atoms with Crippen molar-refractivity contribution in [2.45, 2.75) is 39.5 Å². The van der Waals surface area contributed by atoms with Crippen molar-refractivity contribution in [2.24, 2.45) is 17.8 Å². The second-order valence-corrected chi connectivity index (χ2v) is 4.60. The van der Waals surface area contributed by atoms with E-state index in [9.17, 15) is 9.59 Å². The maximum absolute atomic E-state index is 11.9. The van der Waals surface area contributed by atoms with E-state index >= 15 is 0 Å². The Kier molecular flexibility index (Phi) is 4.30. The van der Waals surface area contributed by atoms with E-state index in [0.717, 1.165) is 31.6 Å². The SMILES string of the molecule is COC(=O)C(C)C(=O)C1CCC(C)CC1. The van der Waals surface area contributed by atoms with E-state index in [1.807, 2.05) is 0 Å². The van der Waals surface area contributed by atoms with E-state index in [1.165, 1.54) is 7.11 Å². The first-order chi connectivity index (χ1) is 7.06. The van der Waals surface area contributed by atoms with Crippen LogP contribution in [0.15, 0.2) is 0 Å². The molecular weight excluding hydrogens is 192 g/mol. The molecular formula is C12H20O3. The van der Waals surface area contributed by atoms with Gasteiger partial charge >= 0.3 is 5.97 Å². The summed E-state index contributed by atoms with van der Waals surface area (Å²) >= 11 is 0. The molecule has 0 aliphatic heterocycles. The van der Waals surface area contributed by atoms with Gasteiger partial charge in [-0.15, -0.1) is 0 Å². The minimum Gasteiger partial charge on any atom is -0.468 e. The topological polar surface area (TPSA) is 43.4 Å². The first-order valence-corrected chi connectivity index (χ1v) is 5.67. The van der Waals surface area contributed by atoms with Crippen LogP contribution in [-0.4, -0.2) is 18.9 Å². The standard InChI is InChI=1S/C12H20O3/c1-8-4-6-10(7-5-8)11(13)9(2)12(14)15-3/h8-10H,4-7H2,1-3H3. The van der Waals surface area contributed by atoms with E-state index in [2.05, 4.69) is 11.7 Å². The van der Waals surface area contributed by atoms with E-state index in [-0.39, 0.29) is 11.7 Å². The monoisotopic (exact) mass is 212 g/mol. The molecule has 0 bridgehead atoms. The first-order valence-electron chi connectivity index (χ1n) is 5.67. The number of carbonyl (C=O) groups is 2. The lowest BCUT2D eigenvalue weighted by molar-refractivity contribution is -0.150. The number of Topliss-reactive ketones (excluding diaryl/α,β-unsaturated/α-hetero) is 1. The lowest BCUT2D eigenvalue weighted by atomic mass is 9.78. The predicted molar refractivity (Wildman–Crippen MR) is 57.3 cm³/mol. The van der Waals surface area contributed by atoms with Crippen molar-refractivity contribution in [1.29, 1.82) is 0 Å². The number of methoxy groups -OCH3 is 1. The van der Waals surface area contributed by atoms with Gasteiger partial charge in [0.05, 0.1) is 7.11 Å². The minimum absolute atomic E-state index is 0.0637. The molecule has 1 rings (SSSR count). The van der Waals surface area contributed by atoms with E-state index in [1.54, 1.807) is 6.92 Å². The lowest BCUT2D eigenvalue weighted by Crippen LogP contribution is -2.30. The maximum atomic E-state index is 11.9. The first kappa shape index (κ1) is 12.2. The second kappa shape index (κ2) is 5.29. The molecule has 15 heavy (non-hydrogen) atoms. The smallest absolute Gasteiger partial charge is 0.315 e. The molecule has 0 aromatic rings. The van der Waals surface area contributed by atoms with Gasteiger partial charge in [0, 0.05) is 5.92 Å². The van der Waals surface area contributed by atoms with Crippen LogP contribution < -0.4 is 0 Å². The molecule has 1 aliphatic carbocycles. The molecule has 1 fully saturated rings. The summed E-state index contributed by atoms with van der Waals surface area (Å²) in [5.74, 6) is -0.126. The Morgan fingerprint density at radius 1 is 1.20 bits per heavy atom. The van der Waals surface area contributed by atoms with Crippen LogP contribution in [-0.2, 0) is 14.3 Å². The van der Waals surface area contributed by atoms with Crippen molar-refractivity contribution in [2.75, 3.05) is 7.11 Å². The predicted octanol–water partition coefficient (Wildman–Crippen LogP) is 2.19. The molecule has 1 atom stereocenters. The molecule has 0 aromatic carbocycles. The number of rotatable bonds is 3. The average Bonchev–Trinajstić information content (AvgIpc) is 2.27. The van der Waals surface area contributed by atoms with Crippen LogP contribution in [0.1, 0.15) is 39.5 Å². The third kappa shape index (κ3) is 3.05. The number of hydrogen-bond acceptors (Lipinski definition) is 3. The summed E-state index contributed by atoms with van der Waals surface area (Å²) in [6.07, 6.45) is 4.07. The highest BCUT2D eigenvalue weighted by Crippen LogP contribution is 2.30. The van der Waals surface area contributed by atoms with Crippen molar-refractivity contribution in [1.82, 2.24) is 0 Å². The summed E-state index contributed by atoms with van der Waals surface area (Å²) in [7, 11) is 1.33. The molecule has 3 nitrogen and oxygen atoms in total. The normalized spacial score (nSPS) is 28.2. The van der Waals surface area contributed by atoms with Crippen molar-refractivity contribution >= 4 is 11.8 Å². The molecule has 1 unspecified atom stereocenters. The fraction of sp³-hybridized carbons (Fsp3) is 0.833. The lowest BCUT2D eigenvalue weighted by Gasteiger charge is -2.26. The fourth-order valence-electron chi connectivity index (χ4n) is 2.19. The summed E-state index contributed by atoms with van der Waals surface area (Å²) in [6, 6.07) is 0. The molecule has 1 aliphatic rings. The molecule has 0 aromatic heterocycles. The molecule has 0 radical (unpaired) electrons. The van der Waals surface area contributed by atoms with Crippen LogP contribution in [0.3, 0.4) is 0 Å². The van der Waals surface area contributed by atoms with Crippen LogP contribution in [0, 0.1) is 17.8 Å². The zero-order valence-corrected chi connectivity index (χ0v) is 9.79. The van der Waals surface area contributed by atoms with Crippen molar-refractivity contribution in [3.8, 4) is 0 Å². The Bertz CT molecular complexity index is 239. The number of ketones is 1. The molecule has 0 spiro atoms. The highest BCUT2D eigenvalue weighted by molar-refractivity contribution is 5.99. The number of ether oxygens (including phenoxy) is 1. The van der Waals surface area contributed by atoms with Gasteiger partial charge in [-0.05, 0) is 25.7 Å². The molecule has 0 N–H and O–H groups in total. The van der Waals surface area contributed by atoms with Crippen molar-refractivity contribution < 1.29 is 14.3 Å². The molecule has 0 saturated heterocycles. The number of hydrogen-bond donors (Lipinski definition) is 0. The maximum Gasteiger partial charge on any atom is 0.315 e. The van der Waals surface area contributed by atoms with Crippen LogP contribution in [0.25, 0.3) is 0 Å². The Morgan fingerprint density at radius 3 is 2.20 bits per heavy atom. The van der Waals surface area contributed by atoms with Gasteiger partial charge in [-0.1, -0.05) is 19.8 Å². The van der Waals surface area contributed by atoms with Gasteiger partial charge in [0.1, 0.15) is 11.7 Å². The molecule has 0 amide bonds.